The lowest BCUT2D eigenvalue weighted by Gasteiger charge is -2.16. The molecular formula is C19H32O4. The van der Waals surface area contributed by atoms with Crippen molar-refractivity contribution in [3.8, 4) is 0 Å². The second kappa shape index (κ2) is 11.4. The first-order valence-corrected chi connectivity index (χ1v) is 8.85. The van der Waals surface area contributed by atoms with E-state index in [2.05, 4.69) is 6.08 Å². The zero-order valence-corrected chi connectivity index (χ0v) is 14.9. The summed E-state index contributed by atoms with van der Waals surface area (Å²) in [5, 5.41) is 0. The Labute approximate surface area is 140 Å². The number of hydrogen-bond donors (Lipinski definition) is 0. The molecule has 0 aromatic carbocycles. The van der Waals surface area contributed by atoms with E-state index >= 15 is 0 Å². The van der Waals surface area contributed by atoms with Crippen molar-refractivity contribution in [2.45, 2.75) is 77.6 Å². The van der Waals surface area contributed by atoms with E-state index in [1.54, 1.807) is 13.0 Å². The van der Waals surface area contributed by atoms with E-state index in [4.69, 9.17) is 14.2 Å². The van der Waals surface area contributed by atoms with Gasteiger partial charge in [0.05, 0.1) is 19.3 Å². The number of rotatable bonds is 11. The van der Waals surface area contributed by atoms with Crippen LogP contribution in [0.3, 0.4) is 0 Å². The van der Waals surface area contributed by atoms with Gasteiger partial charge in [-0.25, -0.2) is 4.79 Å². The molecule has 132 valence electrons. The van der Waals surface area contributed by atoms with E-state index in [1.807, 2.05) is 19.9 Å². The smallest absolute Gasteiger partial charge is 0.330 e. The molecule has 0 aromatic heterocycles. The Morgan fingerprint density at radius 2 is 1.91 bits per heavy atom. The summed E-state index contributed by atoms with van der Waals surface area (Å²) in [6.45, 7) is 6.91. The van der Waals surface area contributed by atoms with Crippen LogP contribution in [0.15, 0.2) is 24.3 Å². The van der Waals surface area contributed by atoms with Gasteiger partial charge in [0, 0.05) is 6.08 Å². The normalized spacial score (nSPS) is 20.6. The largest absolute Gasteiger partial charge is 0.463 e. The second-order valence-electron chi connectivity index (χ2n) is 6.34. The molecule has 4 nitrogen and oxygen atoms in total. The van der Waals surface area contributed by atoms with Gasteiger partial charge in [0.15, 0.2) is 5.79 Å². The summed E-state index contributed by atoms with van der Waals surface area (Å²) in [6, 6.07) is 0. The second-order valence-corrected chi connectivity index (χ2v) is 6.34. The first-order valence-electron chi connectivity index (χ1n) is 8.85. The predicted octanol–water partition coefficient (Wildman–Crippen LogP) is 4.54. The highest BCUT2D eigenvalue weighted by atomic mass is 16.7. The molecule has 0 amide bonds. The molecule has 1 fully saturated rings. The van der Waals surface area contributed by atoms with Gasteiger partial charge in [0.2, 0.25) is 0 Å². The minimum absolute atomic E-state index is 0.277. The van der Waals surface area contributed by atoms with E-state index in [0.29, 0.717) is 6.61 Å². The molecule has 0 spiro atoms. The van der Waals surface area contributed by atoms with Gasteiger partial charge in [-0.15, -0.1) is 0 Å². The quantitative estimate of drug-likeness (QED) is 0.242. The molecular weight excluding hydrogens is 292 g/mol. The summed E-state index contributed by atoms with van der Waals surface area (Å²) >= 11 is 0. The lowest BCUT2D eigenvalue weighted by atomic mass is 10.1. The Morgan fingerprint density at radius 1 is 1.17 bits per heavy atom. The Kier molecular flexibility index (Phi) is 9.88. The zero-order chi connectivity index (χ0) is 17.0. The Bertz CT molecular complexity index is 385. The molecule has 1 unspecified atom stereocenters. The van der Waals surface area contributed by atoms with Crippen molar-refractivity contribution in [1.82, 2.24) is 0 Å². The molecule has 0 aromatic rings. The molecule has 1 atom stereocenters. The molecule has 4 heteroatoms. The fourth-order valence-corrected chi connectivity index (χ4v) is 2.57. The maximum absolute atomic E-state index is 11.0. The van der Waals surface area contributed by atoms with Crippen molar-refractivity contribution >= 4 is 5.97 Å². The Morgan fingerprint density at radius 3 is 2.61 bits per heavy atom. The standard InChI is InChI=1S/C19H32O4/c1-4-21-18(20)15-13-11-9-7-5-6-8-10-12-14-17-16-22-19(2,3)23-17/h9,11,13,15,17H,4-8,10,12,14,16H2,1-3H3/b11-9+,15-13+. The zero-order valence-electron chi connectivity index (χ0n) is 14.9. The lowest BCUT2D eigenvalue weighted by molar-refractivity contribution is -0.139. The van der Waals surface area contributed by atoms with E-state index in [0.717, 1.165) is 19.4 Å². The molecule has 0 N–H and O–H groups in total. The highest BCUT2D eigenvalue weighted by Gasteiger charge is 2.31. The summed E-state index contributed by atoms with van der Waals surface area (Å²) in [6.07, 6.45) is 15.8. The van der Waals surface area contributed by atoms with Crippen molar-refractivity contribution in [2.75, 3.05) is 13.2 Å². The van der Waals surface area contributed by atoms with Crippen LogP contribution in [0, 0.1) is 0 Å². The van der Waals surface area contributed by atoms with Crippen LogP contribution in [0.25, 0.3) is 0 Å². The van der Waals surface area contributed by atoms with E-state index < -0.39 is 5.79 Å². The third-order valence-corrected chi connectivity index (χ3v) is 3.73. The topological polar surface area (TPSA) is 44.8 Å². The average Bonchev–Trinajstić information content (AvgIpc) is 2.84. The lowest BCUT2D eigenvalue weighted by Crippen LogP contribution is -2.21. The van der Waals surface area contributed by atoms with Crippen LogP contribution in [-0.2, 0) is 19.0 Å². The molecule has 23 heavy (non-hydrogen) atoms. The van der Waals surface area contributed by atoms with Gasteiger partial charge < -0.3 is 14.2 Å². The Hall–Kier alpha value is -1.13. The van der Waals surface area contributed by atoms with Crippen LogP contribution in [0.2, 0.25) is 0 Å². The number of carbonyl (C=O) groups is 1. The van der Waals surface area contributed by atoms with Gasteiger partial charge in [0.25, 0.3) is 0 Å². The molecule has 0 radical (unpaired) electrons. The minimum Gasteiger partial charge on any atom is -0.463 e. The van der Waals surface area contributed by atoms with Crippen LogP contribution < -0.4 is 0 Å². The molecule has 0 bridgehead atoms. The first-order chi connectivity index (χ1) is 11.0. The van der Waals surface area contributed by atoms with Gasteiger partial charge in [-0.3, -0.25) is 0 Å². The van der Waals surface area contributed by atoms with Crippen LogP contribution in [0.4, 0.5) is 0 Å². The molecule has 1 saturated heterocycles. The summed E-state index contributed by atoms with van der Waals surface area (Å²) in [5.41, 5.74) is 0. The van der Waals surface area contributed by atoms with Crippen LogP contribution in [0.5, 0.6) is 0 Å². The molecule has 0 saturated carbocycles. The first kappa shape index (κ1) is 19.9. The predicted molar refractivity (Wildman–Crippen MR) is 92.1 cm³/mol. The van der Waals surface area contributed by atoms with Crippen molar-refractivity contribution < 1.29 is 19.0 Å². The number of esters is 1. The molecule has 1 aliphatic rings. The third-order valence-electron chi connectivity index (χ3n) is 3.73. The maximum atomic E-state index is 11.0. The number of allylic oxidation sites excluding steroid dienone is 3. The summed E-state index contributed by atoms with van der Waals surface area (Å²) in [5.74, 6) is -0.671. The van der Waals surface area contributed by atoms with E-state index in [-0.39, 0.29) is 12.1 Å². The summed E-state index contributed by atoms with van der Waals surface area (Å²) in [7, 11) is 0. The van der Waals surface area contributed by atoms with Crippen molar-refractivity contribution in [3.05, 3.63) is 24.3 Å². The van der Waals surface area contributed by atoms with E-state index in [1.165, 1.54) is 38.2 Å². The number of ether oxygens (including phenoxy) is 3. The summed E-state index contributed by atoms with van der Waals surface area (Å²) < 4.78 is 16.1. The van der Waals surface area contributed by atoms with E-state index in [9.17, 15) is 4.79 Å². The van der Waals surface area contributed by atoms with Gasteiger partial charge >= 0.3 is 5.97 Å². The Balaban J connectivity index is 1.89. The third kappa shape index (κ3) is 10.3. The summed E-state index contributed by atoms with van der Waals surface area (Å²) in [4.78, 5) is 11.0. The molecule has 0 aliphatic carbocycles. The average molecular weight is 324 g/mol. The van der Waals surface area contributed by atoms with Gasteiger partial charge in [-0.2, -0.15) is 0 Å². The monoisotopic (exact) mass is 324 g/mol. The number of carbonyl (C=O) groups excluding carboxylic acids is 1. The van der Waals surface area contributed by atoms with Gasteiger partial charge in [-0.1, -0.05) is 43.9 Å². The van der Waals surface area contributed by atoms with Crippen LogP contribution >= 0.6 is 0 Å². The fourth-order valence-electron chi connectivity index (χ4n) is 2.57. The van der Waals surface area contributed by atoms with Crippen LogP contribution in [0.1, 0.15) is 65.7 Å². The van der Waals surface area contributed by atoms with Crippen molar-refractivity contribution in [2.24, 2.45) is 0 Å². The van der Waals surface area contributed by atoms with Crippen molar-refractivity contribution in [3.63, 3.8) is 0 Å². The number of hydrogen-bond acceptors (Lipinski definition) is 4. The fraction of sp³-hybridized carbons (Fsp3) is 0.737. The SMILES string of the molecule is CCOC(=O)/C=C/C=C/CCCCCCCC1COC(C)(C)O1. The van der Waals surface area contributed by atoms with Gasteiger partial charge in [-0.05, 0) is 40.0 Å². The van der Waals surface area contributed by atoms with Crippen molar-refractivity contribution in [1.29, 1.82) is 0 Å². The van der Waals surface area contributed by atoms with Gasteiger partial charge in [0.1, 0.15) is 0 Å². The molecule has 1 aliphatic heterocycles. The molecule has 1 heterocycles. The maximum Gasteiger partial charge on any atom is 0.330 e. The van der Waals surface area contributed by atoms with Crippen LogP contribution in [-0.4, -0.2) is 31.1 Å². The highest BCUT2D eigenvalue weighted by molar-refractivity contribution is 5.82. The highest BCUT2D eigenvalue weighted by Crippen LogP contribution is 2.25. The number of unbranched alkanes of at least 4 members (excludes halogenated alkanes) is 5. The molecule has 1 rings (SSSR count). The minimum atomic E-state index is -0.390.